The maximum absolute atomic E-state index is 13.5. The van der Waals surface area contributed by atoms with E-state index in [0.29, 0.717) is 6.42 Å². The van der Waals surface area contributed by atoms with Crippen LogP contribution in [-0.2, 0) is 33.2 Å². The molecule has 0 aromatic carbocycles. The zero-order valence-electron chi connectivity index (χ0n) is 71.7. The molecule has 112 heavy (non-hydrogen) atoms. The van der Waals surface area contributed by atoms with Crippen molar-refractivity contribution in [2.24, 2.45) is 0 Å². The van der Waals surface area contributed by atoms with Gasteiger partial charge in [0.2, 0.25) is 5.91 Å². The normalized spacial score (nSPS) is 25.0. The molecular formula is C93H177NO18. The van der Waals surface area contributed by atoms with Gasteiger partial charge in [-0.3, -0.25) is 4.79 Å². The minimum Gasteiger partial charge on any atom is -0.394 e. The Hall–Kier alpha value is -1.73. The Morgan fingerprint density at radius 3 is 0.866 bits per heavy atom. The molecule has 12 N–H and O–H groups in total. The Balaban J connectivity index is 1.28. The van der Waals surface area contributed by atoms with Crippen molar-refractivity contribution in [1.82, 2.24) is 5.32 Å². The second kappa shape index (κ2) is 73.2. The Kier molecular flexibility index (Phi) is 68.3. The third kappa shape index (κ3) is 51.0. The molecule has 3 rings (SSSR count). The molecule has 0 radical (unpaired) electrons. The van der Waals surface area contributed by atoms with Crippen LogP contribution in [-0.4, -0.2) is 193 Å². The summed E-state index contributed by atoms with van der Waals surface area (Å²) >= 11 is 0. The van der Waals surface area contributed by atoms with E-state index in [0.717, 1.165) is 44.9 Å². The van der Waals surface area contributed by atoms with Gasteiger partial charge in [0.1, 0.15) is 73.2 Å². The van der Waals surface area contributed by atoms with Gasteiger partial charge < -0.3 is 89.9 Å². The Morgan fingerprint density at radius 2 is 0.562 bits per heavy atom. The number of aliphatic hydroxyl groups is 11. The van der Waals surface area contributed by atoms with E-state index in [1.165, 1.54) is 360 Å². The molecule has 3 saturated heterocycles. The van der Waals surface area contributed by atoms with Crippen molar-refractivity contribution in [1.29, 1.82) is 0 Å². The SMILES string of the molecule is CCCCCCCCCC/C=C\CCCCCCCCCCCCCCCCCCCCCCCCCCCCCCCC(=O)NC(COC1OC(CO)C(OC2OC(CO)C(OC3OC(CO)C(O)C(O)C3O)C(O)C2O)C(O)C1O)C(O)/C=C/CCCCCCCCCCCCCCCCCCCCCCCCCC. The lowest BCUT2D eigenvalue weighted by Crippen LogP contribution is -2.66. The average Bonchev–Trinajstić information content (AvgIpc) is 0.781. The summed E-state index contributed by atoms with van der Waals surface area (Å²) in [5.74, 6) is -0.265. The molecule has 17 unspecified atom stereocenters. The van der Waals surface area contributed by atoms with E-state index >= 15 is 0 Å². The summed E-state index contributed by atoms with van der Waals surface area (Å²) in [4.78, 5) is 13.5. The van der Waals surface area contributed by atoms with Crippen LogP contribution < -0.4 is 5.32 Å². The molecule has 19 nitrogen and oxygen atoms in total. The lowest BCUT2D eigenvalue weighted by Gasteiger charge is -2.48. The van der Waals surface area contributed by atoms with Crippen LogP contribution in [0.2, 0.25) is 0 Å². The van der Waals surface area contributed by atoms with Gasteiger partial charge in [0.05, 0.1) is 38.6 Å². The summed E-state index contributed by atoms with van der Waals surface area (Å²) in [5, 5.41) is 121. The van der Waals surface area contributed by atoms with Gasteiger partial charge in [0.15, 0.2) is 18.9 Å². The van der Waals surface area contributed by atoms with Crippen molar-refractivity contribution in [3.8, 4) is 0 Å². The number of hydrogen-bond donors (Lipinski definition) is 12. The molecule has 19 heteroatoms. The first-order valence-corrected chi connectivity index (χ1v) is 47.6. The third-order valence-corrected chi connectivity index (χ3v) is 24.0. The van der Waals surface area contributed by atoms with Crippen molar-refractivity contribution in [2.75, 3.05) is 26.4 Å². The van der Waals surface area contributed by atoms with Crippen LogP contribution in [0.1, 0.15) is 431 Å². The van der Waals surface area contributed by atoms with E-state index in [1.54, 1.807) is 6.08 Å². The number of nitrogens with one attached hydrogen (secondary N) is 1. The lowest BCUT2D eigenvalue weighted by molar-refractivity contribution is -0.379. The lowest BCUT2D eigenvalue weighted by atomic mass is 9.96. The van der Waals surface area contributed by atoms with E-state index in [4.69, 9.17) is 28.4 Å². The molecule has 0 spiro atoms. The number of ether oxygens (including phenoxy) is 6. The molecule has 3 fully saturated rings. The number of hydrogen-bond acceptors (Lipinski definition) is 18. The summed E-state index contributed by atoms with van der Waals surface area (Å²) in [6, 6.07) is -0.972. The van der Waals surface area contributed by atoms with E-state index in [2.05, 4.69) is 31.3 Å². The number of unbranched alkanes of at least 4 members (excludes halogenated alkanes) is 61. The van der Waals surface area contributed by atoms with Crippen LogP contribution in [0, 0.1) is 0 Å². The van der Waals surface area contributed by atoms with Crippen molar-refractivity contribution >= 4 is 5.91 Å². The standard InChI is InChI=1S/C93H177NO18/c1-3-5-7-9-11-13-15-17-19-21-23-25-27-29-31-32-33-34-35-36-37-38-39-40-41-42-43-44-45-47-49-51-53-55-57-59-61-63-65-67-69-71-81(99)94-76(77(98)70-68-66-64-62-60-58-56-54-52-50-48-46-30-28-26-24-22-20-18-16-14-12-10-8-6-4-2)75-107-91-87(105)84(102)89(79(73-96)109-91)112-93-88(106)85(103)90(80(74-97)110-93)111-92-86(104)83(101)82(100)78(72-95)108-92/h21,23,68,70,76-80,82-93,95-98,100-106H,3-20,22,24-67,69,71-75H2,1-2H3,(H,94,99)/b23-21-,70-68+. The highest BCUT2D eigenvalue weighted by Gasteiger charge is 2.54. The number of amides is 1. The number of rotatable bonds is 79. The molecule has 0 saturated carbocycles. The highest BCUT2D eigenvalue weighted by molar-refractivity contribution is 5.76. The molecule has 17 atom stereocenters. The molecule has 3 aliphatic rings. The van der Waals surface area contributed by atoms with Crippen molar-refractivity contribution in [3.63, 3.8) is 0 Å². The van der Waals surface area contributed by atoms with Gasteiger partial charge >= 0.3 is 0 Å². The van der Waals surface area contributed by atoms with Gasteiger partial charge in [-0.15, -0.1) is 0 Å². The summed E-state index contributed by atoms with van der Waals surface area (Å²) in [6.07, 6.45) is 66.4. The fraction of sp³-hybridized carbons (Fsp3) is 0.946. The monoisotopic (exact) mass is 1600 g/mol. The number of aliphatic hydroxyl groups excluding tert-OH is 11. The Labute approximate surface area is 683 Å². The number of allylic oxidation sites excluding steroid dienone is 3. The van der Waals surface area contributed by atoms with E-state index in [1.807, 2.05) is 6.08 Å². The van der Waals surface area contributed by atoms with E-state index < -0.39 is 124 Å². The van der Waals surface area contributed by atoms with Crippen LogP contribution in [0.4, 0.5) is 0 Å². The summed E-state index contributed by atoms with van der Waals surface area (Å²) in [5.41, 5.74) is 0. The Bertz CT molecular complexity index is 2110. The average molecular weight is 1600 g/mol. The first-order chi connectivity index (χ1) is 54.8. The molecule has 662 valence electrons. The van der Waals surface area contributed by atoms with Crippen molar-refractivity contribution in [3.05, 3.63) is 24.3 Å². The van der Waals surface area contributed by atoms with Crippen LogP contribution in [0.3, 0.4) is 0 Å². The molecule has 0 aliphatic carbocycles. The highest BCUT2D eigenvalue weighted by atomic mass is 16.8. The predicted octanol–water partition coefficient (Wildman–Crippen LogP) is 18.8. The largest absolute Gasteiger partial charge is 0.394 e. The molecule has 0 aromatic heterocycles. The second-order valence-electron chi connectivity index (χ2n) is 34.2. The predicted molar refractivity (Wildman–Crippen MR) is 453 cm³/mol. The van der Waals surface area contributed by atoms with Gasteiger partial charge in [-0.25, -0.2) is 0 Å². The maximum atomic E-state index is 13.5. The van der Waals surface area contributed by atoms with Crippen LogP contribution in [0.25, 0.3) is 0 Å². The summed E-state index contributed by atoms with van der Waals surface area (Å²) in [7, 11) is 0. The minimum absolute atomic E-state index is 0.250. The van der Waals surface area contributed by atoms with E-state index in [-0.39, 0.29) is 18.9 Å². The second-order valence-corrected chi connectivity index (χ2v) is 34.2. The van der Waals surface area contributed by atoms with Crippen molar-refractivity contribution < 1.29 is 89.4 Å². The fourth-order valence-electron chi connectivity index (χ4n) is 16.4. The van der Waals surface area contributed by atoms with Gasteiger partial charge in [0, 0.05) is 6.42 Å². The zero-order valence-corrected chi connectivity index (χ0v) is 71.7. The minimum atomic E-state index is -1.98. The summed E-state index contributed by atoms with van der Waals surface area (Å²) < 4.78 is 34.6. The first kappa shape index (κ1) is 104. The molecule has 1 amide bonds. The number of carbonyl (C=O) groups excluding carboxylic acids is 1. The van der Waals surface area contributed by atoms with Gasteiger partial charge in [-0.1, -0.05) is 404 Å². The van der Waals surface area contributed by atoms with Crippen LogP contribution in [0.5, 0.6) is 0 Å². The summed E-state index contributed by atoms with van der Waals surface area (Å²) in [6.45, 7) is 1.82. The fourth-order valence-corrected chi connectivity index (χ4v) is 16.4. The van der Waals surface area contributed by atoms with Gasteiger partial charge in [0.25, 0.3) is 0 Å². The van der Waals surface area contributed by atoms with Crippen LogP contribution >= 0.6 is 0 Å². The van der Waals surface area contributed by atoms with Gasteiger partial charge in [-0.05, 0) is 44.9 Å². The molecule has 0 bridgehead atoms. The van der Waals surface area contributed by atoms with Gasteiger partial charge in [-0.2, -0.15) is 0 Å². The quantitative estimate of drug-likeness (QED) is 0.0199. The zero-order chi connectivity index (χ0) is 81.0. The molecular weight excluding hydrogens is 1420 g/mol. The number of carbonyl (C=O) groups is 1. The molecule has 0 aromatic rings. The first-order valence-electron chi connectivity index (χ1n) is 47.6. The van der Waals surface area contributed by atoms with Crippen LogP contribution in [0.15, 0.2) is 24.3 Å². The molecule has 3 heterocycles. The molecule has 3 aliphatic heterocycles. The maximum Gasteiger partial charge on any atom is 0.220 e. The third-order valence-electron chi connectivity index (χ3n) is 24.0. The highest BCUT2D eigenvalue weighted by Crippen LogP contribution is 2.34. The van der Waals surface area contributed by atoms with E-state index in [9.17, 15) is 61.0 Å². The Morgan fingerprint density at radius 1 is 0.312 bits per heavy atom. The topological polar surface area (TPSA) is 307 Å². The smallest absolute Gasteiger partial charge is 0.220 e. The van der Waals surface area contributed by atoms with Crippen molar-refractivity contribution in [2.45, 2.75) is 535 Å².